The number of rotatable bonds is 4. The van der Waals surface area contributed by atoms with Crippen molar-refractivity contribution in [2.24, 2.45) is 5.92 Å². The Morgan fingerprint density at radius 3 is 2.22 bits per heavy atom. The van der Waals surface area contributed by atoms with Gasteiger partial charge in [0.2, 0.25) is 0 Å². The van der Waals surface area contributed by atoms with Crippen LogP contribution in [0.3, 0.4) is 0 Å². The molecule has 0 aliphatic heterocycles. The Kier molecular flexibility index (Phi) is 5.36. The van der Waals surface area contributed by atoms with E-state index in [0.29, 0.717) is 12.0 Å². The lowest BCUT2D eigenvalue weighted by atomic mass is 10.0. The van der Waals surface area contributed by atoms with Crippen LogP contribution >= 0.6 is 9.39 Å². The molecule has 0 saturated carbocycles. The Morgan fingerprint density at radius 1 is 1.56 bits per heavy atom. The number of hydrogen-bond donors (Lipinski definition) is 2. The first-order chi connectivity index (χ1) is 4.22. The Morgan fingerprint density at radius 2 is 2.11 bits per heavy atom. The zero-order valence-electron chi connectivity index (χ0n) is 6.09. The molecule has 3 heteroatoms. The molecule has 0 rings (SSSR count). The fourth-order valence-corrected chi connectivity index (χ4v) is 1.30. The van der Waals surface area contributed by atoms with Gasteiger partial charge >= 0.3 is 0 Å². The van der Waals surface area contributed by atoms with Gasteiger partial charge in [0.15, 0.2) is 0 Å². The van der Waals surface area contributed by atoms with Crippen LogP contribution in [0.5, 0.6) is 0 Å². The molecule has 2 nitrogen and oxygen atoms in total. The van der Waals surface area contributed by atoms with Crippen molar-refractivity contribution in [1.82, 2.24) is 5.09 Å². The minimum Gasteiger partial charge on any atom is -0.396 e. The molecule has 0 amide bonds. The minimum atomic E-state index is 0.268. The number of aliphatic hydroxyl groups excluding tert-OH is 1. The average molecular weight is 149 g/mol. The maximum atomic E-state index is 8.57. The summed E-state index contributed by atoms with van der Waals surface area (Å²) < 4.78 is 0. The molecule has 0 aliphatic carbocycles. The first-order valence-electron chi connectivity index (χ1n) is 3.29. The summed E-state index contributed by atoms with van der Waals surface area (Å²) in [7, 11) is 2.48. The van der Waals surface area contributed by atoms with E-state index in [-0.39, 0.29) is 6.61 Å². The molecule has 0 aromatic carbocycles. The van der Waals surface area contributed by atoms with Crippen LogP contribution in [0.15, 0.2) is 0 Å². The third-order valence-corrected chi connectivity index (χ3v) is 1.89. The van der Waals surface area contributed by atoms with Crippen LogP contribution in [0.2, 0.25) is 0 Å². The highest BCUT2D eigenvalue weighted by Gasteiger charge is 2.08. The molecule has 0 heterocycles. The van der Waals surface area contributed by atoms with Gasteiger partial charge in [-0.25, -0.2) is 0 Å². The topological polar surface area (TPSA) is 32.3 Å². The van der Waals surface area contributed by atoms with Crippen molar-refractivity contribution in [1.29, 1.82) is 0 Å². The van der Waals surface area contributed by atoms with Crippen molar-refractivity contribution in [2.45, 2.75) is 26.3 Å². The van der Waals surface area contributed by atoms with Gasteiger partial charge < -0.3 is 5.11 Å². The molecule has 9 heavy (non-hydrogen) atoms. The molecule has 0 radical (unpaired) electrons. The van der Waals surface area contributed by atoms with Crippen molar-refractivity contribution in [3.63, 3.8) is 0 Å². The standard InChI is InChI=1S/C6H16NOP/c1-5(2)6(7-9)3-4-8/h5-8H,3-4,9H2,1-2H3/t6-/m0/s1. The Hall–Kier alpha value is 0.350. The minimum absolute atomic E-state index is 0.268. The van der Waals surface area contributed by atoms with Crippen LogP contribution in [0, 0.1) is 5.92 Å². The summed E-state index contributed by atoms with van der Waals surface area (Å²) in [6, 6.07) is 0.431. The van der Waals surface area contributed by atoms with Gasteiger partial charge in [-0.3, -0.25) is 5.09 Å². The highest BCUT2D eigenvalue weighted by atomic mass is 31.0. The van der Waals surface area contributed by atoms with Gasteiger partial charge in [0, 0.05) is 12.6 Å². The van der Waals surface area contributed by atoms with Crippen LogP contribution in [0.4, 0.5) is 0 Å². The molecular weight excluding hydrogens is 133 g/mol. The van der Waals surface area contributed by atoms with Crippen molar-refractivity contribution in [3.8, 4) is 0 Å². The number of aliphatic hydroxyl groups is 1. The van der Waals surface area contributed by atoms with Gasteiger partial charge in [-0.15, -0.1) is 0 Å². The number of nitrogens with one attached hydrogen (secondary N) is 1. The van der Waals surface area contributed by atoms with Crippen LogP contribution in [0.25, 0.3) is 0 Å². The predicted octanol–water partition coefficient (Wildman–Crippen LogP) is 0.773. The molecule has 2 N–H and O–H groups in total. The molecule has 2 atom stereocenters. The summed E-state index contributed by atoms with van der Waals surface area (Å²) >= 11 is 0. The summed E-state index contributed by atoms with van der Waals surface area (Å²) in [5, 5.41) is 11.6. The van der Waals surface area contributed by atoms with Crippen LogP contribution in [-0.2, 0) is 0 Å². The van der Waals surface area contributed by atoms with Crippen LogP contribution in [-0.4, -0.2) is 17.8 Å². The third kappa shape index (κ3) is 3.85. The van der Waals surface area contributed by atoms with Gasteiger partial charge in [-0.1, -0.05) is 23.2 Å². The van der Waals surface area contributed by atoms with Crippen molar-refractivity contribution >= 4 is 9.39 Å². The maximum absolute atomic E-state index is 8.57. The fourth-order valence-electron chi connectivity index (χ4n) is 0.748. The second kappa shape index (κ2) is 5.16. The summed E-state index contributed by atoms with van der Waals surface area (Å²) in [5.74, 6) is 0.592. The molecule has 0 saturated heterocycles. The molecule has 0 spiro atoms. The highest BCUT2D eigenvalue weighted by Crippen LogP contribution is 2.05. The summed E-state index contributed by atoms with van der Waals surface area (Å²) in [6.45, 7) is 4.54. The van der Waals surface area contributed by atoms with E-state index in [2.05, 4.69) is 28.3 Å². The molecule has 0 aromatic heterocycles. The SMILES string of the molecule is CC(C)[C@H](CCO)NP. The summed E-state index contributed by atoms with van der Waals surface area (Å²) in [6.07, 6.45) is 0.834. The van der Waals surface area contributed by atoms with E-state index in [0.717, 1.165) is 6.42 Å². The Balaban J connectivity index is 3.41. The van der Waals surface area contributed by atoms with Crippen LogP contribution in [0.1, 0.15) is 20.3 Å². The van der Waals surface area contributed by atoms with Gasteiger partial charge in [0.05, 0.1) is 0 Å². The van der Waals surface area contributed by atoms with E-state index in [1.807, 2.05) is 0 Å². The molecular formula is C6H16NOP. The average Bonchev–Trinajstić information content (AvgIpc) is 1.82. The quantitative estimate of drug-likeness (QED) is 0.579. The molecule has 56 valence electrons. The molecule has 0 fully saturated rings. The number of hydrogen-bond acceptors (Lipinski definition) is 2. The molecule has 1 unspecified atom stereocenters. The zero-order valence-corrected chi connectivity index (χ0v) is 7.25. The second-order valence-electron chi connectivity index (χ2n) is 2.53. The molecule has 0 aliphatic rings. The van der Waals surface area contributed by atoms with E-state index >= 15 is 0 Å². The van der Waals surface area contributed by atoms with E-state index in [9.17, 15) is 0 Å². The van der Waals surface area contributed by atoms with Gasteiger partial charge in [0.1, 0.15) is 0 Å². The first-order valence-corrected chi connectivity index (χ1v) is 3.87. The maximum Gasteiger partial charge on any atom is 0.0446 e. The van der Waals surface area contributed by atoms with E-state index in [1.54, 1.807) is 0 Å². The first kappa shape index (κ1) is 9.35. The summed E-state index contributed by atoms with van der Waals surface area (Å²) in [5.41, 5.74) is 0. The normalized spacial score (nSPS) is 14.3. The lowest BCUT2D eigenvalue weighted by Gasteiger charge is -2.17. The summed E-state index contributed by atoms with van der Waals surface area (Å²) in [4.78, 5) is 0. The van der Waals surface area contributed by atoms with Crippen molar-refractivity contribution < 1.29 is 5.11 Å². The highest BCUT2D eigenvalue weighted by molar-refractivity contribution is 7.13. The smallest absolute Gasteiger partial charge is 0.0446 e. The van der Waals surface area contributed by atoms with Crippen molar-refractivity contribution in [2.75, 3.05) is 6.61 Å². The monoisotopic (exact) mass is 149 g/mol. The van der Waals surface area contributed by atoms with Crippen molar-refractivity contribution in [3.05, 3.63) is 0 Å². The fraction of sp³-hybridized carbons (Fsp3) is 1.00. The van der Waals surface area contributed by atoms with E-state index in [1.165, 1.54) is 0 Å². The lowest BCUT2D eigenvalue weighted by molar-refractivity contribution is 0.257. The zero-order chi connectivity index (χ0) is 7.28. The predicted molar refractivity (Wildman–Crippen MR) is 43.2 cm³/mol. The van der Waals surface area contributed by atoms with E-state index < -0.39 is 0 Å². The second-order valence-corrected chi connectivity index (χ2v) is 2.86. The third-order valence-electron chi connectivity index (χ3n) is 1.46. The molecule has 0 bridgehead atoms. The lowest BCUT2D eigenvalue weighted by Crippen LogP contribution is -2.27. The van der Waals surface area contributed by atoms with Crippen LogP contribution < -0.4 is 5.09 Å². The van der Waals surface area contributed by atoms with Gasteiger partial charge in [0.25, 0.3) is 0 Å². The Labute approximate surface area is 59.3 Å². The van der Waals surface area contributed by atoms with Gasteiger partial charge in [-0.05, 0) is 12.3 Å². The largest absolute Gasteiger partial charge is 0.396 e. The van der Waals surface area contributed by atoms with E-state index in [4.69, 9.17) is 5.11 Å². The molecule has 0 aromatic rings. The van der Waals surface area contributed by atoms with Gasteiger partial charge in [-0.2, -0.15) is 0 Å². The Bertz CT molecular complexity index is 68.1.